The first-order valence-electron chi connectivity index (χ1n) is 11.5. The Bertz CT molecular complexity index is 770. The minimum atomic E-state index is -0.0506. The van der Waals surface area contributed by atoms with Gasteiger partial charge in [0.2, 0.25) is 0 Å². The van der Waals surface area contributed by atoms with Crippen LogP contribution in [0.25, 0.3) is 0 Å². The second-order valence-corrected chi connectivity index (χ2v) is 12.0. The summed E-state index contributed by atoms with van der Waals surface area (Å²) < 4.78 is 0. The van der Waals surface area contributed by atoms with Gasteiger partial charge in [-0.25, -0.2) is 0 Å². The number of benzene rings is 1. The van der Waals surface area contributed by atoms with E-state index in [1.54, 1.807) is 0 Å². The summed E-state index contributed by atoms with van der Waals surface area (Å²) in [6.07, 6.45) is 9.32. The van der Waals surface area contributed by atoms with Crippen molar-refractivity contribution in [1.82, 2.24) is 5.32 Å². The number of carbonyl (C=O) groups excluding carboxylic acids is 1. The van der Waals surface area contributed by atoms with Crippen LogP contribution in [0.1, 0.15) is 77.7 Å². The molecule has 4 bridgehead atoms. The van der Waals surface area contributed by atoms with E-state index >= 15 is 0 Å². The van der Waals surface area contributed by atoms with Crippen molar-refractivity contribution in [3.05, 3.63) is 35.9 Å². The van der Waals surface area contributed by atoms with Crippen molar-refractivity contribution in [3.8, 4) is 0 Å². The first-order chi connectivity index (χ1) is 13.2. The maximum Gasteiger partial charge on any atom is 0.139 e. The van der Waals surface area contributed by atoms with Gasteiger partial charge in [-0.3, -0.25) is 4.79 Å². The number of nitrogens with one attached hydrogen (secondary N) is 1. The van der Waals surface area contributed by atoms with Crippen molar-refractivity contribution < 1.29 is 4.79 Å². The fourth-order valence-electron chi connectivity index (χ4n) is 8.39. The quantitative estimate of drug-likeness (QED) is 0.747. The molecule has 5 fully saturated rings. The third kappa shape index (κ3) is 2.90. The zero-order valence-corrected chi connectivity index (χ0v) is 18.0. The molecule has 152 valence electrons. The molecule has 2 nitrogen and oxygen atoms in total. The van der Waals surface area contributed by atoms with Crippen LogP contribution in [0.2, 0.25) is 0 Å². The lowest BCUT2D eigenvalue weighted by Gasteiger charge is -2.66. The Morgan fingerprint density at radius 2 is 1.82 bits per heavy atom. The smallest absolute Gasteiger partial charge is 0.139 e. The van der Waals surface area contributed by atoms with Gasteiger partial charge >= 0.3 is 0 Å². The topological polar surface area (TPSA) is 29.1 Å². The number of hydrogen-bond donors (Lipinski definition) is 1. The molecule has 6 rings (SSSR count). The zero-order chi connectivity index (χ0) is 19.6. The van der Waals surface area contributed by atoms with Gasteiger partial charge in [0.25, 0.3) is 0 Å². The molecule has 1 aromatic rings. The van der Waals surface area contributed by atoms with E-state index in [0.29, 0.717) is 17.1 Å². The Hall–Kier alpha value is -1.15. The normalized spacial score (nSPS) is 43.8. The van der Waals surface area contributed by atoms with Crippen LogP contribution in [0, 0.1) is 28.1 Å². The number of carbonyl (C=O) groups is 1. The van der Waals surface area contributed by atoms with Crippen LogP contribution in [0.4, 0.5) is 0 Å². The predicted octanol–water partition coefficient (Wildman–Crippen LogP) is 5.51. The fraction of sp³-hybridized carbons (Fsp3) is 0.731. The molecule has 1 aliphatic heterocycles. The van der Waals surface area contributed by atoms with Crippen molar-refractivity contribution in [2.24, 2.45) is 28.1 Å². The van der Waals surface area contributed by atoms with Crippen LogP contribution in [-0.4, -0.2) is 18.9 Å². The molecule has 5 unspecified atom stereocenters. The number of Topliss-reactive ketones (excluding diaryl/α,β-unsaturated/α-hetero) is 1. The van der Waals surface area contributed by atoms with Crippen LogP contribution in [0.5, 0.6) is 0 Å². The van der Waals surface area contributed by atoms with E-state index in [1.165, 1.54) is 31.2 Å². The van der Waals surface area contributed by atoms with Crippen LogP contribution >= 0.6 is 0 Å². The standard InChI is InChI=1S/C26H37NO/c1-23(2)18-27-10-9-21(23)11-22(28)26-14-19-12-24(3,16-26)15-25(13-19,17-26)20-7-5-4-6-8-20/h4-8,19,21,27H,9-18H2,1-3H3. The minimum Gasteiger partial charge on any atom is -0.316 e. The number of rotatable bonds is 4. The molecular weight excluding hydrogens is 342 g/mol. The fourth-order valence-corrected chi connectivity index (χ4v) is 8.39. The summed E-state index contributed by atoms with van der Waals surface area (Å²) in [5.74, 6) is 1.89. The van der Waals surface area contributed by atoms with E-state index in [1.807, 2.05) is 0 Å². The van der Waals surface area contributed by atoms with E-state index in [-0.39, 0.29) is 16.2 Å². The molecule has 28 heavy (non-hydrogen) atoms. The molecule has 0 amide bonds. The number of piperidine rings is 1. The SMILES string of the molecule is CC12CC3CC(C(=O)CC4CCNCC4(C)C)(C1)CC(c1ccccc1)(C3)C2. The Labute approximate surface area is 170 Å². The van der Waals surface area contributed by atoms with Crippen LogP contribution < -0.4 is 5.32 Å². The van der Waals surface area contributed by atoms with Crippen molar-refractivity contribution in [2.75, 3.05) is 13.1 Å². The van der Waals surface area contributed by atoms with Gasteiger partial charge in [-0.05, 0) is 85.1 Å². The number of hydrogen-bond acceptors (Lipinski definition) is 2. The lowest BCUT2D eigenvalue weighted by Crippen LogP contribution is -2.60. The molecule has 5 aliphatic rings. The molecule has 1 aromatic carbocycles. The highest BCUT2D eigenvalue weighted by molar-refractivity contribution is 5.86. The van der Waals surface area contributed by atoms with Gasteiger partial charge in [-0.15, -0.1) is 0 Å². The average molecular weight is 380 g/mol. The van der Waals surface area contributed by atoms with Gasteiger partial charge < -0.3 is 5.32 Å². The molecule has 1 saturated heterocycles. The van der Waals surface area contributed by atoms with Crippen LogP contribution in [0.15, 0.2) is 30.3 Å². The van der Waals surface area contributed by atoms with Gasteiger partial charge in [0.15, 0.2) is 0 Å². The third-order valence-electron chi connectivity index (χ3n) is 9.11. The summed E-state index contributed by atoms with van der Waals surface area (Å²) in [6.45, 7) is 9.31. The summed E-state index contributed by atoms with van der Waals surface area (Å²) in [5, 5.41) is 3.54. The minimum absolute atomic E-state index is 0.0506. The van der Waals surface area contributed by atoms with Crippen LogP contribution in [-0.2, 0) is 10.2 Å². The predicted molar refractivity (Wildman–Crippen MR) is 114 cm³/mol. The van der Waals surface area contributed by atoms with E-state index in [4.69, 9.17) is 0 Å². The first kappa shape index (κ1) is 18.9. The van der Waals surface area contributed by atoms with Gasteiger partial charge in [0.05, 0.1) is 0 Å². The zero-order valence-electron chi connectivity index (χ0n) is 18.0. The maximum absolute atomic E-state index is 13.9. The van der Waals surface area contributed by atoms with Crippen molar-refractivity contribution >= 4 is 5.78 Å². The molecule has 4 aliphatic carbocycles. The lowest BCUT2D eigenvalue weighted by atomic mass is 9.38. The Morgan fingerprint density at radius 1 is 1.04 bits per heavy atom. The summed E-state index contributed by atoms with van der Waals surface area (Å²) in [4.78, 5) is 13.9. The highest BCUT2D eigenvalue weighted by atomic mass is 16.1. The molecule has 0 radical (unpaired) electrons. The van der Waals surface area contributed by atoms with Crippen LogP contribution in [0.3, 0.4) is 0 Å². The van der Waals surface area contributed by atoms with Crippen molar-refractivity contribution in [2.45, 2.75) is 77.6 Å². The summed E-state index contributed by atoms with van der Waals surface area (Å²) in [5.41, 5.74) is 2.29. The second kappa shape index (κ2) is 6.17. The molecule has 1 N–H and O–H groups in total. The second-order valence-electron chi connectivity index (χ2n) is 12.0. The Balaban J connectivity index is 1.47. The molecule has 1 heterocycles. The Morgan fingerprint density at radius 3 is 2.54 bits per heavy atom. The summed E-state index contributed by atoms with van der Waals surface area (Å²) in [7, 11) is 0. The molecular formula is C26H37NO. The Kier molecular flexibility index (Phi) is 4.16. The first-order valence-corrected chi connectivity index (χ1v) is 11.5. The average Bonchev–Trinajstić information content (AvgIpc) is 2.62. The van der Waals surface area contributed by atoms with Gasteiger partial charge in [-0.1, -0.05) is 51.1 Å². The summed E-state index contributed by atoms with van der Waals surface area (Å²) >= 11 is 0. The number of ketones is 1. The highest BCUT2D eigenvalue weighted by Crippen LogP contribution is 2.70. The van der Waals surface area contributed by atoms with E-state index in [2.05, 4.69) is 56.4 Å². The van der Waals surface area contributed by atoms with Gasteiger partial charge in [0.1, 0.15) is 5.78 Å². The van der Waals surface area contributed by atoms with E-state index in [0.717, 1.165) is 44.7 Å². The van der Waals surface area contributed by atoms with Crippen molar-refractivity contribution in [1.29, 1.82) is 0 Å². The van der Waals surface area contributed by atoms with Crippen molar-refractivity contribution in [3.63, 3.8) is 0 Å². The van der Waals surface area contributed by atoms with Gasteiger partial charge in [-0.2, -0.15) is 0 Å². The maximum atomic E-state index is 13.9. The van der Waals surface area contributed by atoms with Gasteiger partial charge in [0, 0.05) is 18.4 Å². The van der Waals surface area contributed by atoms with E-state index in [9.17, 15) is 4.79 Å². The summed E-state index contributed by atoms with van der Waals surface area (Å²) in [6, 6.07) is 11.2. The molecule has 0 aromatic heterocycles. The molecule has 4 saturated carbocycles. The lowest BCUT2D eigenvalue weighted by molar-refractivity contribution is -0.159. The third-order valence-corrected chi connectivity index (χ3v) is 9.11. The monoisotopic (exact) mass is 379 g/mol. The largest absolute Gasteiger partial charge is 0.316 e. The highest BCUT2D eigenvalue weighted by Gasteiger charge is 2.64. The molecule has 0 spiro atoms. The van der Waals surface area contributed by atoms with E-state index < -0.39 is 0 Å². The molecule has 2 heteroatoms. The molecule has 5 atom stereocenters.